The molecule has 2 saturated heterocycles. The number of hydrogen-bond acceptors (Lipinski definition) is 5. The smallest absolute Gasteiger partial charge is 0.225 e. The van der Waals surface area contributed by atoms with E-state index in [1.165, 1.54) is 32.1 Å². The largest absolute Gasteiger partial charge is 0.349 e. The molecule has 1 unspecified atom stereocenters. The third-order valence-electron chi connectivity index (χ3n) is 5.77. The quantitative estimate of drug-likeness (QED) is 0.812. The van der Waals surface area contributed by atoms with Gasteiger partial charge in [0.2, 0.25) is 17.8 Å². The molecule has 0 aromatic carbocycles. The molecular formula is C21H33N5O2. The lowest BCUT2D eigenvalue weighted by atomic mass is 10.1. The highest BCUT2D eigenvalue weighted by Gasteiger charge is 2.21. The van der Waals surface area contributed by atoms with Crippen molar-refractivity contribution in [2.75, 3.05) is 31.1 Å². The molecule has 1 atom stereocenters. The van der Waals surface area contributed by atoms with Gasteiger partial charge in [-0.25, -0.2) is 9.97 Å². The van der Waals surface area contributed by atoms with E-state index in [2.05, 4.69) is 15.2 Å². The zero-order valence-corrected chi connectivity index (χ0v) is 17.2. The number of anilines is 1. The second kappa shape index (κ2) is 9.85. The number of likely N-dealkylation sites (tertiary alicyclic amines) is 1. The van der Waals surface area contributed by atoms with Crippen LogP contribution in [0.1, 0.15) is 75.6 Å². The Morgan fingerprint density at radius 2 is 1.86 bits per heavy atom. The fourth-order valence-corrected chi connectivity index (χ4v) is 4.06. The Morgan fingerprint density at radius 3 is 2.50 bits per heavy atom. The lowest BCUT2D eigenvalue weighted by molar-refractivity contribution is -0.128. The molecule has 0 radical (unpaired) electrons. The third kappa shape index (κ3) is 5.42. The number of rotatable bonds is 6. The maximum absolute atomic E-state index is 12.3. The number of amides is 2. The van der Waals surface area contributed by atoms with E-state index in [1.54, 1.807) is 4.90 Å². The number of aromatic nitrogens is 2. The van der Waals surface area contributed by atoms with E-state index in [-0.39, 0.29) is 17.9 Å². The SMILES string of the molecule is Cc1nc(N2CCCCCCC2)ncc1C(C)NC(=O)CCN1CCCC1=O. The van der Waals surface area contributed by atoms with E-state index in [9.17, 15) is 9.59 Å². The van der Waals surface area contributed by atoms with Crippen molar-refractivity contribution in [3.8, 4) is 0 Å². The molecule has 1 N–H and O–H groups in total. The van der Waals surface area contributed by atoms with Crippen LogP contribution in [0.3, 0.4) is 0 Å². The molecule has 1 aromatic rings. The molecule has 28 heavy (non-hydrogen) atoms. The summed E-state index contributed by atoms with van der Waals surface area (Å²) in [5.74, 6) is 0.915. The molecule has 7 heteroatoms. The van der Waals surface area contributed by atoms with Crippen molar-refractivity contribution in [3.63, 3.8) is 0 Å². The summed E-state index contributed by atoms with van der Waals surface area (Å²) in [5, 5.41) is 3.02. The zero-order valence-electron chi connectivity index (χ0n) is 17.2. The molecule has 2 amide bonds. The average molecular weight is 388 g/mol. The number of hydrogen-bond donors (Lipinski definition) is 1. The highest BCUT2D eigenvalue weighted by molar-refractivity contribution is 5.80. The van der Waals surface area contributed by atoms with Gasteiger partial charge in [0.1, 0.15) is 0 Å². The Morgan fingerprint density at radius 1 is 1.14 bits per heavy atom. The van der Waals surface area contributed by atoms with Gasteiger partial charge in [-0.15, -0.1) is 0 Å². The molecule has 0 saturated carbocycles. The van der Waals surface area contributed by atoms with E-state index >= 15 is 0 Å². The number of carbonyl (C=O) groups excluding carboxylic acids is 2. The normalized spacial score (nSPS) is 19.3. The van der Waals surface area contributed by atoms with E-state index in [1.807, 2.05) is 20.0 Å². The van der Waals surface area contributed by atoms with E-state index < -0.39 is 0 Å². The topological polar surface area (TPSA) is 78.4 Å². The summed E-state index contributed by atoms with van der Waals surface area (Å²) in [6.45, 7) is 7.24. The predicted molar refractivity (Wildman–Crippen MR) is 109 cm³/mol. The second-order valence-electron chi connectivity index (χ2n) is 7.99. The molecule has 1 aromatic heterocycles. The van der Waals surface area contributed by atoms with Gasteiger partial charge in [0.15, 0.2) is 0 Å². The summed E-state index contributed by atoms with van der Waals surface area (Å²) >= 11 is 0. The van der Waals surface area contributed by atoms with Gasteiger partial charge >= 0.3 is 0 Å². The first-order valence-corrected chi connectivity index (χ1v) is 10.7. The summed E-state index contributed by atoms with van der Waals surface area (Å²) < 4.78 is 0. The van der Waals surface area contributed by atoms with Crippen molar-refractivity contribution in [2.24, 2.45) is 0 Å². The number of carbonyl (C=O) groups is 2. The monoisotopic (exact) mass is 387 g/mol. The minimum absolute atomic E-state index is 0.0422. The summed E-state index contributed by atoms with van der Waals surface area (Å²) in [6, 6.07) is -0.150. The van der Waals surface area contributed by atoms with Crippen molar-refractivity contribution in [3.05, 3.63) is 17.5 Å². The fraction of sp³-hybridized carbons (Fsp3) is 0.714. The molecule has 0 aliphatic carbocycles. The standard InChI is InChI=1S/C21H33N5O2/c1-16(23-19(27)10-14-25-13-8-9-20(25)28)18-15-22-21(24-17(18)2)26-11-6-4-3-5-7-12-26/h15-16H,3-14H2,1-2H3,(H,23,27). The molecule has 3 rings (SSSR count). The molecule has 2 aliphatic rings. The zero-order chi connectivity index (χ0) is 19.9. The van der Waals surface area contributed by atoms with Gasteiger partial charge in [-0.05, 0) is 33.1 Å². The van der Waals surface area contributed by atoms with Gasteiger partial charge in [0.05, 0.1) is 6.04 Å². The maximum Gasteiger partial charge on any atom is 0.225 e. The van der Waals surface area contributed by atoms with Crippen LogP contribution in [0.4, 0.5) is 5.95 Å². The molecule has 0 bridgehead atoms. The number of nitrogens with zero attached hydrogens (tertiary/aromatic N) is 4. The highest BCUT2D eigenvalue weighted by atomic mass is 16.2. The van der Waals surface area contributed by atoms with Crippen molar-refractivity contribution in [1.29, 1.82) is 0 Å². The Bertz CT molecular complexity index is 685. The summed E-state index contributed by atoms with van der Waals surface area (Å²) in [7, 11) is 0. The lowest BCUT2D eigenvalue weighted by Crippen LogP contribution is -2.33. The van der Waals surface area contributed by atoms with Crippen LogP contribution >= 0.6 is 0 Å². The Kier molecular flexibility index (Phi) is 7.23. The maximum atomic E-state index is 12.3. The molecule has 2 aliphatic heterocycles. The fourth-order valence-electron chi connectivity index (χ4n) is 4.06. The first-order valence-electron chi connectivity index (χ1n) is 10.7. The Hall–Kier alpha value is -2.18. The second-order valence-corrected chi connectivity index (χ2v) is 7.99. The Labute approximate surface area is 167 Å². The van der Waals surface area contributed by atoms with Gasteiger partial charge < -0.3 is 15.1 Å². The van der Waals surface area contributed by atoms with Gasteiger partial charge in [-0.3, -0.25) is 9.59 Å². The van der Waals surface area contributed by atoms with Gasteiger partial charge in [0.25, 0.3) is 0 Å². The van der Waals surface area contributed by atoms with Crippen molar-refractivity contribution in [2.45, 2.75) is 71.3 Å². The summed E-state index contributed by atoms with van der Waals surface area (Å²) in [5.41, 5.74) is 1.86. The van der Waals surface area contributed by atoms with Crippen LogP contribution in [0.2, 0.25) is 0 Å². The first kappa shape index (κ1) is 20.6. The van der Waals surface area contributed by atoms with Crippen LogP contribution in [-0.2, 0) is 9.59 Å². The molecule has 0 spiro atoms. The van der Waals surface area contributed by atoms with Crippen molar-refractivity contribution < 1.29 is 9.59 Å². The van der Waals surface area contributed by atoms with Crippen molar-refractivity contribution >= 4 is 17.8 Å². The predicted octanol–water partition coefficient (Wildman–Crippen LogP) is 2.75. The van der Waals surface area contributed by atoms with Crippen molar-refractivity contribution in [1.82, 2.24) is 20.2 Å². The molecule has 2 fully saturated rings. The van der Waals surface area contributed by atoms with Gasteiger partial charge in [0, 0.05) is 56.5 Å². The average Bonchev–Trinajstić information content (AvgIpc) is 3.04. The molecule has 7 nitrogen and oxygen atoms in total. The molecule has 3 heterocycles. The van der Waals surface area contributed by atoms with Gasteiger partial charge in [-0.1, -0.05) is 19.3 Å². The van der Waals surface area contributed by atoms with E-state index in [0.717, 1.165) is 43.3 Å². The van der Waals surface area contributed by atoms with Crippen LogP contribution in [-0.4, -0.2) is 52.9 Å². The lowest BCUT2D eigenvalue weighted by Gasteiger charge is -2.25. The minimum Gasteiger partial charge on any atom is -0.349 e. The van der Waals surface area contributed by atoms with Crippen LogP contribution in [0.15, 0.2) is 6.20 Å². The Balaban J connectivity index is 1.54. The summed E-state index contributed by atoms with van der Waals surface area (Å²) in [6.07, 6.45) is 9.96. The van der Waals surface area contributed by atoms with Gasteiger partial charge in [-0.2, -0.15) is 0 Å². The van der Waals surface area contributed by atoms with Crippen LogP contribution in [0.25, 0.3) is 0 Å². The summed E-state index contributed by atoms with van der Waals surface area (Å²) in [4.78, 5) is 37.3. The van der Waals surface area contributed by atoms with E-state index in [4.69, 9.17) is 4.98 Å². The minimum atomic E-state index is -0.150. The first-order chi connectivity index (χ1) is 13.5. The molecule has 154 valence electrons. The van der Waals surface area contributed by atoms with E-state index in [0.29, 0.717) is 19.4 Å². The van der Waals surface area contributed by atoms with Crippen LogP contribution < -0.4 is 10.2 Å². The third-order valence-corrected chi connectivity index (χ3v) is 5.77. The van der Waals surface area contributed by atoms with Crippen LogP contribution in [0.5, 0.6) is 0 Å². The number of nitrogens with one attached hydrogen (secondary N) is 1. The number of aryl methyl sites for hydroxylation is 1. The van der Waals surface area contributed by atoms with Crippen LogP contribution in [0, 0.1) is 6.92 Å². The highest BCUT2D eigenvalue weighted by Crippen LogP contribution is 2.20. The molecular weight excluding hydrogens is 354 g/mol.